The second-order valence-corrected chi connectivity index (χ2v) is 7.67. The van der Waals surface area contributed by atoms with E-state index in [2.05, 4.69) is 10.00 Å². The van der Waals surface area contributed by atoms with Crippen molar-refractivity contribution in [2.75, 3.05) is 19.8 Å². The normalized spacial score (nSPS) is 30.0. The van der Waals surface area contributed by atoms with Crippen LogP contribution in [0, 0.1) is 11.7 Å². The summed E-state index contributed by atoms with van der Waals surface area (Å²) >= 11 is 0. The summed E-state index contributed by atoms with van der Waals surface area (Å²) in [6, 6.07) is 8.89. The summed E-state index contributed by atoms with van der Waals surface area (Å²) in [6.07, 6.45) is 4.67. The molecule has 0 unspecified atom stereocenters. The van der Waals surface area contributed by atoms with Crippen molar-refractivity contribution in [3.05, 3.63) is 48.0 Å². The number of rotatable bonds is 4. The van der Waals surface area contributed by atoms with Crippen molar-refractivity contribution in [3.8, 4) is 5.69 Å². The molecule has 4 rings (SSSR count). The van der Waals surface area contributed by atoms with Gasteiger partial charge in [-0.25, -0.2) is 9.07 Å². The standard InChI is InChI=1S/C20H26FN3O2/c1-20(25)9-12-26-14-16(20)18-7-4-10-23(18)13-15-8-11-24(22-15)19-6-3-2-5-17(19)21/h2-3,5-6,8,11,16,18,25H,4,7,9-10,12-14H2,1H3/t16-,18-,20-/m0/s1. The van der Waals surface area contributed by atoms with E-state index in [1.807, 2.05) is 13.0 Å². The number of para-hydroxylation sites is 1. The third kappa shape index (κ3) is 3.41. The number of likely N-dealkylation sites (tertiary alicyclic amines) is 1. The van der Waals surface area contributed by atoms with Crippen LogP contribution in [0.1, 0.15) is 31.9 Å². The number of ether oxygens (including phenoxy) is 1. The first-order valence-corrected chi connectivity index (χ1v) is 9.38. The molecule has 2 aromatic rings. The van der Waals surface area contributed by atoms with E-state index >= 15 is 0 Å². The largest absolute Gasteiger partial charge is 0.390 e. The van der Waals surface area contributed by atoms with Crippen LogP contribution in [0.2, 0.25) is 0 Å². The molecule has 6 heteroatoms. The third-order valence-electron chi connectivity index (χ3n) is 5.84. The fourth-order valence-electron chi connectivity index (χ4n) is 4.31. The number of aromatic nitrogens is 2. The van der Waals surface area contributed by atoms with Gasteiger partial charge in [0, 0.05) is 31.3 Å². The van der Waals surface area contributed by atoms with Crippen molar-refractivity contribution in [1.29, 1.82) is 0 Å². The molecule has 0 bridgehead atoms. The molecular weight excluding hydrogens is 333 g/mol. The number of benzene rings is 1. The topological polar surface area (TPSA) is 50.5 Å². The molecule has 140 valence electrons. The molecule has 0 aliphatic carbocycles. The molecule has 2 aliphatic heterocycles. The highest BCUT2D eigenvalue weighted by Crippen LogP contribution is 2.36. The maximum atomic E-state index is 14.0. The number of hydrogen-bond acceptors (Lipinski definition) is 4. The van der Waals surface area contributed by atoms with Gasteiger partial charge in [-0.2, -0.15) is 5.10 Å². The lowest BCUT2D eigenvalue weighted by molar-refractivity contribution is -0.123. The molecule has 2 aliphatic rings. The van der Waals surface area contributed by atoms with Gasteiger partial charge in [0.1, 0.15) is 11.5 Å². The van der Waals surface area contributed by atoms with Gasteiger partial charge in [-0.3, -0.25) is 4.90 Å². The van der Waals surface area contributed by atoms with E-state index in [4.69, 9.17) is 4.74 Å². The molecule has 0 spiro atoms. The molecule has 2 fully saturated rings. The minimum Gasteiger partial charge on any atom is -0.390 e. The van der Waals surface area contributed by atoms with E-state index in [9.17, 15) is 9.50 Å². The SMILES string of the molecule is C[C@]1(O)CCOC[C@H]1[C@@H]1CCCN1Cc1ccn(-c2ccccc2F)n1. The van der Waals surface area contributed by atoms with Crippen molar-refractivity contribution in [2.24, 2.45) is 5.92 Å². The zero-order valence-corrected chi connectivity index (χ0v) is 15.1. The molecule has 3 atom stereocenters. The molecule has 0 saturated carbocycles. The van der Waals surface area contributed by atoms with Gasteiger partial charge in [0.15, 0.2) is 0 Å². The van der Waals surface area contributed by atoms with Crippen LogP contribution in [0.25, 0.3) is 5.69 Å². The van der Waals surface area contributed by atoms with E-state index in [1.165, 1.54) is 6.07 Å². The zero-order valence-electron chi connectivity index (χ0n) is 15.1. The Kier molecular flexibility index (Phi) is 4.82. The smallest absolute Gasteiger partial charge is 0.148 e. The Morgan fingerprint density at radius 3 is 3.00 bits per heavy atom. The van der Waals surface area contributed by atoms with Gasteiger partial charge in [0.25, 0.3) is 0 Å². The Morgan fingerprint density at radius 2 is 2.19 bits per heavy atom. The van der Waals surface area contributed by atoms with Gasteiger partial charge in [-0.05, 0) is 50.9 Å². The quantitative estimate of drug-likeness (QED) is 0.912. The molecule has 2 saturated heterocycles. The van der Waals surface area contributed by atoms with E-state index in [0.29, 0.717) is 37.9 Å². The average molecular weight is 359 g/mol. The maximum Gasteiger partial charge on any atom is 0.148 e. The van der Waals surface area contributed by atoms with E-state index in [-0.39, 0.29) is 11.7 Å². The van der Waals surface area contributed by atoms with Crippen molar-refractivity contribution < 1.29 is 14.2 Å². The fraction of sp³-hybridized carbons (Fsp3) is 0.550. The lowest BCUT2D eigenvalue weighted by Crippen LogP contribution is -2.52. The zero-order chi connectivity index (χ0) is 18.1. The lowest BCUT2D eigenvalue weighted by Gasteiger charge is -2.43. The lowest BCUT2D eigenvalue weighted by atomic mass is 9.79. The van der Waals surface area contributed by atoms with Crippen molar-refractivity contribution in [3.63, 3.8) is 0 Å². The highest BCUT2D eigenvalue weighted by atomic mass is 19.1. The molecule has 1 aromatic heterocycles. The molecule has 1 N–H and O–H groups in total. The van der Waals surface area contributed by atoms with Crippen LogP contribution in [0.4, 0.5) is 4.39 Å². The monoisotopic (exact) mass is 359 g/mol. The van der Waals surface area contributed by atoms with Gasteiger partial charge in [0.05, 0.1) is 17.9 Å². The van der Waals surface area contributed by atoms with E-state index in [1.54, 1.807) is 29.1 Å². The van der Waals surface area contributed by atoms with Gasteiger partial charge in [-0.15, -0.1) is 0 Å². The summed E-state index contributed by atoms with van der Waals surface area (Å²) in [5.74, 6) is -0.163. The van der Waals surface area contributed by atoms with Crippen molar-refractivity contribution in [1.82, 2.24) is 14.7 Å². The van der Waals surface area contributed by atoms with Crippen molar-refractivity contribution >= 4 is 0 Å². The molecule has 0 radical (unpaired) electrons. The average Bonchev–Trinajstić information content (AvgIpc) is 3.25. The van der Waals surface area contributed by atoms with Gasteiger partial charge >= 0.3 is 0 Å². The minimum atomic E-state index is -0.683. The van der Waals surface area contributed by atoms with Crippen LogP contribution in [0.3, 0.4) is 0 Å². The highest BCUT2D eigenvalue weighted by molar-refractivity contribution is 5.32. The molecule has 3 heterocycles. The Morgan fingerprint density at radius 1 is 1.35 bits per heavy atom. The van der Waals surface area contributed by atoms with Gasteiger partial charge < -0.3 is 9.84 Å². The van der Waals surface area contributed by atoms with Crippen LogP contribution in [-0.4, -0.2) is 51.2 Å². The second-order valence-electron chi connectivity index (χ2n) is 7.67. The number of hydrogen-bond donors (Lipinski definition) is 1. The predicted octanol–water partition coefficient (Wildman–Crippen LogP) is 2.76. The van der Waals surface area contributed by atoms with Crippen molar-refractivity contribution in [2.45, 2.75) is 44.4 Å². The summed E-state index contributed by atoms with van der Waals surface area (Å²) in [5, 5.41) is 15.4. The Labute approximate surface area is 153 Å². The number of nitrogens with zero attached hydrogens (tertiary/aromatic N) is 3. The Bertz CT molecular complexity index is 761. The first-order chi connectivity index (χ1) is 12.5. The predicted molar refractivity (Wildman–Crippen MR) is 96.5 cm³/mol. The molecule has 0 amide bonds. The summed E-state index contributed by atoms with van der Waals surface area (Å²) in [5.41, 5.74) is 0.690. The minimum absolute atomic E-state index is 0.118. The molecule has 26 heavy (non-hydrogen) atoms. The summed E-state index contributed by atoms with van der Waals surface area (Å²) in [7, 11) is 0. The van der Waals surface area contributed by atoms with Crippen LogP contribution >= 0.6 is 0 Å². The highest BCUT2D eigenvalue weighted by Gasteiger charge is 2.44. The number of aliphatic hydroxyl groups is 1. The van der Waals surface area contributed by atoms with Crippen LogP contribution in [0.15, 0.2) is 36.5 Å². The first kappa shape index (κ1) is 17.6. The first-order valence-electron chi connectivity index (χ1n) is 9.38. The van der Waals surface area contributed by atoms with Gasteiger partial charge in [-0.1, -0.05) is 12.1 Å². The van der Waals surface area contributed by atoms with E-state index in [0.717, 1.165) is 25.1 Å². The Hall–Kier alpha value is -1.76. The van der Waals surface area contributed by atoms with Gasteiger partial charge in [0.2, 0.25) is 0 Å². The van der Waals surface area contributed by atoms with Crippen LogP contribution in [-0.2, 0) is 11.3 Å². The second kappa shape index (κ2) is 7.10. The Balaban J connectivity index is 1.49. The van der Waals surface area contributed by atoms with Crippen LogP contribution in [0.5, 0.6) is 0 Å². The summed E-state index contributed by atoms with van der Waals surface area (Å²) in [6.45, 7) is 4.87. The summed E-state index contributed by atoms with van der Waals surface area (Å²) in [4.78, 5) is 2.39. The molecule has 5 nitrogen and oxygen atoms in total. The van der Waals surface area contributed by atoms with E-state index < -0.39 is 5.60 Å². The molecule has 1 aromatic carbocycles. The fourth-order valence-corrected chi connectivity index (χ4v) is 4.31. The maximum absolute atomic E-state index is 14.0. The van der Waals surface area contributed by atoms with Crippen LogP contribution < -0.4 is 0 Å². The number of halogens is 1. The molecular formula is C20H26FN3O2. The summed E-state index contributed by atoms with van der Waals surface area (Å²) < 4.78 is 21.2. The third-order valence-corrected chi connectivity index (χ3v) is 5.84.